The summed E-state index contributed by atoms with van der Waals surface area (Å²) in [4.78, 5) is 23.1. The summed E-state index contributed by atoms with van der Waals surface area (Å²) in [6.45, 7) is 0. The summed E-state index contributed by atoms with van der Waals surface area (Å²) >= 11 is 0. The first-order valence-electron chi connectivity index (χ1n) is 6.08. The number of carboxylic acid groups (broad SMARTS) is 1. The van der Waals surface area contributed by atoms with Crippen LogP contribution in [0.2, 0.25) is 0 Å². The molecule has 2 N–H and O–H groups in total. The molecule has 0 unspecified atom stereocenters. The summed E-state index contributed by atoms with van der Waals surface area (Å²) in [5.41, 5.74) is 0.636. The zero-order valence-corrected chi connectivity index (χ0v) is 11.1. The van der Waals surface area contributed by atoms with E-state index >= 15 is 0 Å². The zero-order chi connectivity index (χ0) is 15.0. The highest BCUT2D eigenvalue weighted by atomic mass is 16.5. The Morgan fingerprint density at radius 2 is 2.05 bits per heavy atom. The summed E-state index contributed by atoms with van der Waals surface area (Å²) < 4.78 is 5.11. The van der Waals surface area contributed by atoms with Crippen LogP contribution in [-0.2, 0) is 14.3 Å². The monoisotopic (exact) mass is 276 g/mol. The number of carbonyl (C=O) groups excluding carboxylic acids is 1. The van der Waals surface area contributed by atoms with E-state index in [2.05, 4.69) is 5.32 Å². The maximum Gasteiger partial charge on any atom is 0.326 e. The van der Waals surface area contributed by atoms with Crippen LogP contribution in [0, 0.1) is 11.3 Å². The molecule has 6 heteroatoms. The third kappa shape index (κ3) is 4.37. The Labute approximate surface area is 117 Å². The van der Waals surface area contributed by atoms with Crippen molar-refractivity contribution in [2.45, 2.75) is 25.0 Å². The van der Waals surface area contributed by atoms with Crippen LogP contribution in [0.1, 0.15) is 24.5 Å². The highest BCUT2D eigenvalue weighted by molar-refractivity contribution is 5.87. The van der Waals surface area contributed by atoms with Gasteiger partial charge in [-0.2, -0.15) is 5.26 Å². The molecule has 20 heavy (non-hydrogen) atoms. The van der Waals surface area contributed by atoms with Crippen molar-refractivity contribution in [2.24, 2.45) is 0 Å². The van der Waals surface area contributed by atoms with Gasteiger partial charge in [0.15, 0.2) is 6.10 Å². The number of amides is 1. The van der Waals surface area contributed by atoms with Gasteiger partial charge < -0.3 is 15.2 Å². The van der Waals surface area contributed by atoms with Gasteiger partial charge in [0.1, 0.15) is 6.04 Å². The lowest BCUT2D eigenvalue weighted by Gasteiger charge is -2.19. The van der Waals surface area contributed by atoms with Crippen molar-refractivity contribution in [2.75, 3.05) is 7.11 Å². The molecule has 0 fully saturated rings. The van der Waals surface area contributed by atoms with Crippen LogP contribution in [-0.4, -0.2) is 30.1 Å². The van der Waals surface area contributed by atoms with Crippen LogP contribution < -0.4 is 5.32 Å². The number of benzene rings is 1. The van der Waals surface area contributed by atoms with Crippen molar-refractivity contribution in [1.29, 1.82) is 5.26 Å². The van der Waals surface area contributed by atoms with Gasteiger partial charge in [-0.1, -0.05) is 30.3 Å². The molecule has 0 aliphatic rings. The minimum absolute atomic E-state index is 0.0558. The number of carbonyl (C=O) groups is 2. The highest BCUT2D eigenvalue weighted by Gasteiger charge is 2.25. The number of hydrogen-bond donors (Lipinski definition) is 2. The van der Waals surface area contributed by atoms with Crippen molar-refractivity contribution in [1.82, 2.24) is 5.32 Å². The molecular formula is C14H16N2O4. The number of nitrogens with one attached hydrogen (secondary N) is 1. The number of rotatable bonds is 7. The molecular weight excluding hydrogens is 260 g/mol. The van der Waals surface area contributed by atoms with E-state index in [9.17, 15) is 9.59 Å². The fourth-order valence-electron chi connectivity index (χ4n) is 1.74. The van der Waals surface area contributed by atoms with Crippen LogP contribution in [0.25, 0.3) is 0 Å². The van der Waals surface area contributed by atoms with Gasteiger partial charge in [-0.3, -0.25) is 4.79 Å². The molecule has 0 aliphatic heterocycles. The molecule has 0 heterocycles. The molecule has 0 saturated carbocycles. The average Bonchev–Trinajstić information content (AvgIpc) is 2.45. The summed E-state index contributed by atoms with van der Waals surface area (Å²) in [6, 6.07) is 9.54. The second-order valence-corrected chi connectivity index (χ2v) is 4.12. The maximum absolute atomic E-state index is 12.1. The van der Waals surface area contributed by atoms with E-state index in [1.165, 1.54) is 7.11 Å². The van der Waals surface area contributed by atoms with E-state index in [0.29, 0.717) is 5.56 Å². The lowest BCUT2D eigenvalue weighted by atomic mass is 10.1. The number of aliphatic carboxylic acids is 1. The molecule has 0 bridgehead atoms. The Morgan fingerprint density at radius 3 is 2.55 bits per heavy atom. The Morgan fingerprint density at radius 1 is 1.40 bits per heavy atom. The number of methoxy groups -OCH3 is 1. The molecule has 0 radical (unpaired) electrons. The van der Waals surface area contributed by atoms with E-state index < -0.39 is 24.0 Å². The number of nitriles is 1. The molecule has 106 valence electrons. The first-order valence-corrected chi connectivity index (χ1v) is 6.08. The van der Waals surface area contributed by atoms with Crippen LogP contribution >= 0.6 is 0 Å². The number of hydrogen-bond acceptors (Lipinski definition) is 4. The lowest BCUT2D eigenvalue weighted by molar-refractivity contribution is -0.144. The van der Waals surface area contributed by atoms with Crippen LogP contribution in [0.4, 0.5) is 0 Å². The third-order valence-corrected chi connectivity index (χ3v) is 2.74. The minimum Gasteiger partial charge on any atom is -0.480 e. The van der Waals surface area contributed by atoms with E-state index in [1.54, 1.807) is 30.3 Å². The van der Waals surface area contributed by atoms with Gasteiger partial charge in [-0.15, -0.1) is 0 Å². The van der Waals surface area contributed by atoms with Crippen molar-refractivity contribution in [3.63, 3.8) is 0 Å². The predicted molar refractivity (Wildman–Crippen MR) is 70.6 cm³/mol. The minimum atomic E-state index is -1.17. The summed E-state index contributed by atoms with van der Waals surface area (Å²) in [5.74, 6) is -1.71. The number of carboxylic acids is 1. The highest BCUT2D eigenvalue weighted by Crippen LogP contribution is 2.16. The van der Waals surface area contributed by atoms with Crippen LogP contribution in [0.5, 0.6) is 0 Å². The van der Waals surface area contributed by atoms with Gasteiger partial charge in [0.2, 0.25) is 0 Å². The quantitative estimate of drug-likeness (QED) is 0.780. The molecule has 1 rings (SSSR count). The second kappa shape index (κ2) is 7.92. The first-order chi connectivity index (χ1) is 9.60. The summed E-state index contributed by atoms with van der Waals surface area (Å²) in [6.07, 6.45) is -0.761. The lowest BCUT2D eigenvalue weighted by Crippen LogP contribution is -2.43. The molecule has 0 spiro atoms. The van der Waals surface area contributed by atoms with E-state index in [4.69, 9.17) is 15.1 Å². The van der Waals surface area contributed by atoms with Gasteiger partial charge in [-0.25, -0.2) is 4.79 Å². The van der Waals surface area contributed by atoms with Crippen molar-refractivity contribution < 1.29 is 19.4 Å². The van der Waals surface area contributed by atoms with Crippen molar-refractivity contribution in [3.05, 3.63) is 35.9 Å². The van der Waals surface area contributed by atoms with Gasteiger partial charge in [0, 0.05) is 13.5 Å². The van der Waals surface area contributed by atoms with Crippen LogP contribution in [0.3, 0.4) is 0 Å². The molecule has 6 nitrogen and oxygen atoms in total. The normalized spacial score (nSPS) is 13.0. The van der Waals surface area contributed by atoms with E-state index in [-0.39, 0.29) is 12.8 Å². The Bertz CT molecular complexity index is 496. The largest absolute Gasteiger partial charge is 0.480 e. The molecule has 2 atom stereocenters. The molecule has 0 aromatic heterocycles. The fraction of sp³-hybridized carbons (Fsp3) is 0.357. The standard InChI is InChI=1S/C14H16N2O4/c1-20-12(10-6-3-2-4-7-10)13(17)16-11(14(18)19)8-5-9-15/h2-4,6-7,11-12H,5,8H2,1H3,(H,16,17)(H,18,19)/t11-,12-/m1/s1. The van der Waals surface area contributed by atoms with Crippen LogP contribution in [0.15, 0.2) is 30.3 Å². The van der Waals surface area contributed by atoms with E-state index in [0.717, 1.165) is 0 Å². The second-order valence-electron chi connectivity index (χ2n) is 4.12. The number of ether oxygens (including phenoxy) is 1. The molecule has 0 saturated heterocycles. The molecule has 0 aliphatic carbocycles. The Kier molecular flexibility index (Phi) is 6.20. The van der Waals surface area contributed by atoms with Crippen molar-refractivity contribution in [3.8, 4) is 6.07 Å². The first kappa shape index (κ1) is 15.7. The Balaban J connectivity index is 2.76. The average molecular weight is 276 g/mol. The van der Waals surface area contributed by atoms with Gasteiger partial charge in [0.25, 0.3) is 5.91 Å². The third-order valence-electron chi connectivity index (χ3n) is 2.74. The zero-order valence-electron chi connectivity index (χ0n) is 11.1. The van der Waals surface area contributed by atoms with Gasteiger partial charge >= 0.3 is 5.97 Å². The smallest absolute Gasteiger partial charge is 0.326 e. The SMILES string of the molecule is CO[C@@H](C(=O)N[C@H](CCC#N)C(=O)O)c1ccccc1. The Hall–Kier alpha value is -2.39. The number of nitrogens with zero attached hydrogens (tertiary/aromatic N) is 1. The maximum atomic E-state index is 12.1. The summed E-state index contributed by atoms with van der Waals surface area (Å²) in [7, 11) is 1.38. The van der Waals surface area contributed by atoms with E-state index in [1.807, 2.05) is 6.07 Å². The summed E-state index contributed by atoms with van der Waals surface area (Å²) in [5, 5.41) is 19.9. The van der Waals surface area contributed by atoms with Gasteiger partial charge in [0.05, 0.1) is 6.07 Å². The fourth-order valence-corrected chi connectivity index (χ4v) is 1.74. The molecule has 1 amide bonds. The van der Waals surface area contributed by atoms with Crippen molar-refractivity contribution >= 4 is 11.9 Å². The topological polar surface area (TPSA) is 99.4 Å². The molecule has 1 aromatic rings. The van der Waals surface area contributed by atoms with Gasteiger partial charge in [-0.05, 0) is 12.0 Å². The molecule has 1 aromatic carbocycles. The predicted octanol–water partition coefficient (Wildman–Crippen LogP) is 1.25.